The zero-order valence-electron chi connectivity index (χ0n) is 19.7. The molecule has 35 heavy (non-hydrogen) atoms. The van der Waals surface area contributed by atoms with Crippen LogP contribution >= 0.6 is 0 Å². The molecule has 2 aromatic carbocycles. The highest BCUT2D eigenvalue weighted by Gasteiger charge is 2.49. The number of hydrogen-bond acceptors (Lipinski definition) is 6. The number of carbonyl (C=O) groups is 3. The van der Waals surface area contributed by atoms with Gasteiger partial charge in [-0.1, -0.05) is 24.6 Å². The Labute approximate surface area is 204 Å². The molecule has 0 bridgehead atoms. The minimum Gasteiger partial charge on any atom is -0.457 e. The number of benzene rings is 2. The summed E-state index contributed by atoms with van der Waals surface area (Å²) < 4.78 is 5.79. The topological polar surface area (TPSA) is 112 Å². The predicted octanol–water partition coefficient (Wildman–Crippen LogP) is 2.37. The fourth-order valence-electron chi connectivity index (χ4n) is 5.21. The average molecular weight is 478 g/mol. The van der Waals surface area contributed by atoms with Gasteiger partial charge < -0.3 is 20.7 Å². The van der Waals surface area contributed by atoms with Crippen LogP contribution in [0.2, 0.25) is 0 Å². The number of fused-ring (bicyclic) bond motifs is 1. The van der Waals surface area contributed by atoms with Gasteiger partial charge in [0.15, 0.2) is 0 Å². The van der Waals surface area contributed by atoms with E-state index in [0.717, 1.165) is 25.1 Å². The van der Waals surface area contributed by atoms with Crippen molar-refractivity contribution in [1.29, 1.82) is 0 Å². The van der Waals surface area contributed by atoms with Crippen LogP contribution in [0.4, 0.5) is 5.69 Å². The van der Waals surface area contributed by atoms with Gasteiger partial charge in [0.25, 0.3) is 0 Å². The molecule has 3 fully saturated rings. The third-order valence-corrected chi connectivity index (χ3v) is 7.06. The summed E-state index contributed by atoms with van der Waals surface area (Å²) in [5, 5.41) is 12.1. The average Bonchev–Trinajstić information content (AvgIpc) is 2.85. The monoisotopic (exact) mass is 477 g/mol. The van der Waals surface area contributed by atoms with E-state index in [9.17, 15) is 14.4 Å². The Morgan fingerprint density at radius 3 is 2.49 bits per heavy atom. The molecule has 0 aromatic heterocycles. The van der Waals surface area contributed by atoms with Crippen LogP contribution in [-0.4, -0.2) is 47.7 Å². The summed E-state index contributed by atoms with van der Waals surface area (Å²) in [6.45, 7) is 3.02. The number of para-hydroxylation sites is 1. The first-order valence-corrected chi connectivity index (χ1v) is 12.2. The van der Waals surface area contributed by atoms with Crippen molar-refractivity contribution in [2.45, 2.75) is 51.1 Å². The van der Waals surface area contributed by atoms with Crippen molar-refractivity contribution in [2.24, 2.45) is 11.8 Å². The first-order valence-electron chi connectivity index (χ1n) is 12.2. The van der Waals surface area contributed by atoms with E-state index in [-0.39, 0.29) is 30.4 Å². The zero-order valence-corrected chi connectivity index (χ0v) is 19.7. The second kappa shape index (κ2) is 10.1. The van der Waals surface area contributed by atoms with Crippen molar-refractivity contribution >= 4 is 23.4 Å². The summed E-state index contributed by atoms with van der Waals surface area (Å²) in [7, 11) is 0. The summed E-state index contributed by atoms with van der Waals surface area (Å²) in [5.74, 6) is -0.926. The molecule has 5 rings (SSSR count). The van der Waals surface area contributed by atoms with Crippen molar-refractivity contribution in [3.8, 4) is 11.5 Å². The predicted molar refractivity (Wildman–Crippen MR) is 130 cm³/mol. The molecule has 4 N–H and O–H groups in total. The molecule has 0 spiro atoms. The largest absolute Gasteiger partial charge is 0.457 e. The summed E-state index contributed by atoms with van der Waals surface area (Å²) in [4.78, 5) is 41.0. The van der Waals surface area contributed by atoms with Crippen LogP contribution in [-0.2, 0) is 14.4 Å². The van der Waals surface area contributed by atoms with Gasteiger partial charge in [0.05, 0.1) is 18.0 Å². The Balaban J connectivity index is 1.25. The normalized spacial score (nSPS) is 28.9. The second-order valence-corrected chi connectivity index (χ2v) is 9.47. The molecular weight excluding hydrogens is 446 g/mol. The molecule has 3 saturated heterocycles. The van der Waals surface area contributed by atoms with Gasteiger partial charge in [-0.2, -0.15) is 0 Å². The number of anilines is 1. The number of hydrogen-bond donors (Lipinski definition) is 4. The molecule has 3 amide bonds. The van der Waals surface area contributed by atoms with E-state index in [2.05, 4.69) is 33.1 Å². The molecule has 3 aliphatic rings. The van der Waals surface area contributed by atoms with Crippen LogP contribution in [0.3, 0.4) is 0 Å². The molecule has 2 aromatic rings. The number of piperidine rings is 2. The summed E-state index contributed by atoms with van der Waals surface area (Å²) in [6.07, 6.45) is 2.30. The van der Waals surface area contributed by atoms with Crippen molar-refractivity contribution < 1.29 is 19.1 Å². The van der Waals surface area contributed by atoms with E-state index in [1.807, 2.05) is 30.3 Å². The summed E-state index contributed by atoms with van der Waals surface area (Å²) >= 11 is 0. The molecule has 9 heteroatoms. The molecule has 0 aliphatic carbocycles. The molecule has 3 aliphatic heterocycles. The third kappa shape index (κ3) is 5.16. The lowest BCUT2D eigenvalue weighted by Gasteiger charge is -2.48. The summed E-state index contributed by atoms with van der Waals surface area (Å²) in [6, 6.07) is 16.7. The van der Waals surface area contributed by atoms with Gasteiger partial charge in [-0.3, -0.25) is 24.6 Å². The van der Waals surface area contributed by atoms with Gasteiger partial charge in [-0.05, 0) is 56.2 Å². The smallest absolute Gasteiger partial charge is 0.229 e. The zero-order chi connectivity index (χ0) is 24.4. The van der Waals surface area contributed by atoms with E-state index in [1.165, 1.54) is 6.42 Å². The van der Waals surface area contributed by atoms with Crippen molar-refractivity contribution in [3.63, 3.8) is 0 Å². The van der Waals surface area contributed by atoms with Gasteiger partial charge in [0.2, 0.25) is 17.7 Å². The SMILES string of the molecule is CC1CCCCN1C1NC(=O)C2C(NC(=O)CC2C(=O)Nc2ccc(Oc3ccccc3)cc2)N1. The summed E-state index contributed by atoms with van der Waals surface area (Å²) in [5.41, 5.74) is 0.571. The molecular formula is C26H31N5O4. The highest BCUT2D eigenvalue weighted by molar-refractivity contribution is 6.00. The van der Waals surface area contributed by atoms with Crippen LogP contribution in [0.1, 0.15) is 32.6 Å². The maximum absolute atomic E-state index is 13.2. The molecule has 5 unspecified atom stereocenters. The lowest BCUT2D eigenvalue weighted by molar-refractivity contribution is -0.148. The van der Waals surface area contributed by atoms with Gasteiger partial charge in [0.1, 0.15) is 17.8 Å². The minimum atomic E-state index is -0.777. The Hall–Kier alpha value is -3.43. The van der Waals surface area contributed by atoms with E-state index in [0.29, 0.717) is 17.5 Å². The first kappa shape index (κ1) is 23.3. The van der Waals surface area contributed by atoms with Gasteiger partial charge in [0, 0.05) is 24.7 Å². The van der Waals surface area contributed by atoms with Crippen LogP contribution in [0, 0.1) is 11.8 Å². The molecule has 0 radical (unpaired) electrons. The first-order chi connectivity index (χ1) is 17.0. The second-order valence-electron chi connectivity index (χ2n) is 9.47. The molecule has 9 nitrogen and oxygen atoms in total. The van der Waals surface area contributed by atoms with Crippen LogP contribution in [0.5, 0.6) is 11.5 Å². The molecule has 184 valence electrons. The Morgan fingerprint density at radius 1 is 1.00 bits per heavy atom. The molecule has 5 atom stereocenters. The van der Waals surface area contributed by atoms with E-state index in [4.69, 9.17) is 4.74 Å². The number of ether oxygens (including phenoxy) is 1. The maximum atomic E-state index is 13.2. The van der Waals surface area contributed by atoms with Crippen molar-refractivity contribution in [1.82, 2.24) is 20.9 Å². The Kier molecular flexibility index (Phi) is 6.70. The maximum Gasteiger partial charge on any atom is 0.229 e. The van der Waals surface area contributed by atoms with Crippen LogP contribution < -0.4 is 26.0 Å². The van der Waals surface area contributed by atoms with Gasteiger partial charge in [-0.25, -0.2) is 0 Å². The highest BCUT2D eigenvalue weighted by Crippen LogP contribution is 2.30. The van der Waals surface area contributed by atoms with Gasteiger partial charge in [-0.15, -0.1) is 0 Å². The lowest BCUT2D eigenvalue weighted by atomic mass is 9.81. The Bertz CT molecular complexity index is 1080. The highest BCUT2D eigenvalue weighted by atomic mass is 16.5. The van der Waals surface area contributed by atoms with Crippen molar-refractivity contribution in [2.75, 3.05) is 11.9 Å². The number of rotatable bonds is 5. The molecule has 3 heterocycles. The standard InChI is InChI=1S/C26H31N5O4/c1-16-7-5-6-14-31(16)26-29-23-22(25(34)30-26)20(15-21(32)28-23)24(33)27-17-10-12-19(13-11-17)35-18-8-3-2-4-9-18/h2-4,8-13,16,20,22-23,26,29H,5-7,14-15H2,1H3,(H,27,33)(H,28,32)(H,30,34). The Morgan fingerprint density at radius 2 is 1.74 bits per heavy atom. The fraction of sp³-hybridized carbons (Fsp3) is 0.423. The fourth-order valence-corrected chi connectivity index (χ4v) is 5.21. The number of nitrogens with zero attached hydrogens (tertiary/aromatic N) is 1. The third-order valence-electron chi connectivity index (χ3n) is 7.06. The van der Waals surface area contributed by atoms with Crippen molar-refractivity contribution in [3.05, 3.63) is 54.6 Å². The van der Waals surface area contributed by atoms with Crippen LogP contribution in [0.25, 0.3) is 0 Å². The quantitative estimate of drug-likeness (QED) is 0.526. The number of carbonyl (C=O) groups excluding carboxylic acids is 3. The lowest BCUT2D eigenvalue weighted by Crippen LogP contribution is -2.75. The number of amides is 3. The van der Waals surface area contributed by atoms with Gasteiger partial charge >= 0.3 is 0 Å². The minimum absolute atomic E-state index is 0.0396. The number of nitrogens with one attached hydrogen (secondary N) is 4. The van der Waals surface area contributed by atoms with E-state index >= 15 is 0 Å². The van der Waals surface area contributed by atoms with E-state index < -0.39 is 18.0 Å². The molecule has 0 saturated carbocycles. The van der Waals surface area contributed by atoms with Crippen LogP contribution in [0.15, 0.2) is 54.6 Å². The van der Waals surface area contributed by atoms with E-state index in [1.54, 1.807) is 24.3 Å². The number of likely N-dealkylation sites (tertiary alicyclic amines) is 1.